The highest BCUT2D eigenvalue weighted by Gasteiger charge is 2.78. The number of aliphatic hydroxyl groups is 1. The number of para-hydroxylation sites is 1. The lowest BCUT2D eigenvalue weighted by Gasteiger charge is -2.37. The Hall–Kier alpha value is -2.84. The van der Waals surface area contributed by atoms with Crippen molar-refractivity contribution >= 4 is 35.2 Å². The van der Waals surface area contributed by atoms with E-state index < -0.39 is 33.4 Å². The Balaban J connectivity index is 1.59. The van der Waals surface area contributed by atoms with Crippen molar-refractivity contribution in [1.29, 1.82) is 0 Å². The molecule has 0 aromatic heterocycles. The SMILES string of the molecule is CCOC(=O)[C@@H]1[C@H]2C(=O)N([C@@H](CO)Cc3ccccc3)C(C(=O)Nc3c(C)cccc3C)C23CC[C@@]1(C)S3. The minimum atomic E-state index is -0.828. The molecule has 8 heteroatoms. The first kappa shape index (κ1) is 26.8. The molecule has 6 atom stereocenters. The topological polar surface area (TPSA) is 95.9 Å². The fourth-order valence-corrected chi connectivity index (χ4v) is 9.32. The number of fused-ring (bicyclic) bond motifs is 1. The maximum Gasteiger partial charge on any atom is 0.311 e. The molecule has 38 heavy (non-hydrogen) atoms. The predicted octanol–water partition coefficient (Wildman–Crippen LogP) is 3.89. The maximum atomic E-state index is 14.3. The molecule has 2 N–H and O–H groups in total. The van der Waals surface area contributed by atoms with Crippen molar-refractivity contribution in [2.45, 2.75) is 68.5 Å². The van der Waals surface area contributed by atoms with Gasteiger partial charge in [-0.1, -0.05) is 48.5 Å². The minimum Gasteiger partial charge on any atom is -0.466 e. The van der Waals surface area contributed by atoms with Gasteiger partial charge in [0.25, 0.3) is 0 Å². The molecule has 2 unspecified atom stereocenters. The summed E-state index contributed by atoms with van der Waals surface area (Å²) in [7, 11) is 0. The number of nitrogens with one attached hydrogen (secondary N) is 1. The summed E-state index contributed by atoms with van der Waals surface area (Å²) in [4.78, 5) is 43.5. The second-order valence-electron chi connectivity index (χ2n) is 11.0. The molecule has 3 heterocycles. The molecule has 2 aromatic carbocycles. The number of thioether (sulfide) groups is 1. The van der Waals surface area contributed by atoms with Crippen LogP contribution in [0.3, 0.4) is 0 Å². The number of anilines is 1. The quantitative estimate of drug-likeness (QED) is 0.497. The van der Waals surface area contributed by atoms with E-state index in [9.17, 15) is 19.5 Å². The molecule has 3 aliphatic heterocycles. The monoisotopic (exact) mass is 536 g/mol. The summed E-state index contributed by atoms with van der Waals surface area (Å²) < 4.78 is 4.21. The highest BCUT2D eigenvalue weighted by molar-refractivity contribution is 8.02. The number of aryl methyl sites for hydroxylation is 2. The number of rotatable bonds is 8. The minimum absolute atomic E-state index is 0.234. The van der Waals surface area contributed by atoms with E-state index >= 15 is 0 Å². The molecule has 3 fully saturated rings. The summed E-state index contributed by atoms with van der Waals surface area (Å²) in [6.07, 6.45) is 1.77. The first-order chi connectivity index (χ1) is 18.2. The third-order valence-electron chi connectivity index (χ3n) is 8.65. The van der Waals surface area contributed by atoms with Crippen molar-refractivity contribution < 1.29 is 24.2 Å². The molecule has 2 amide bonds. The van der Waals surface area contributed by atoms with Crippen LogP contribution in [0, 0.1) is 25.7 Å². The summed E-state index contributed by atoms with van der Waals surface area (Å²) in [5.74, 6) is -2.20. The number of hydrogen-bond donors (Lipinski definition) is 2. The molecule has 2 aromatic rings. The van der Waals surface area contributed by atoms with E-state index in [1.165, 1.54) is 0 Å². The molecule has 7 nitrogen and oxygen atoms in total. The van der Waals surface area contributed by atoms with Gasteiger partial charge < -0.3 is 20.1 Å². The van der Waals surface area contributed by atoms with Crippen molar-refractivity contribution in [2.24, 2.45) is 11.8 Å². The van der Waals surface area contributed by atoms with Gasteiger partial charge in [0, 0.05) is 10.4 Å². The maximum absolute atomic E-state index is 14.3. The number of esters is 1. The van der Waals surface area contributed by atoms with Crippen LogP contribution in [0.25, 0.3) is 0 Å². The van der Waals surface area contributed by atoms with E-state index in [-0.39, 0.29) is 31.0 Å². The van der Waals surface area contributed by atoms with Crippen LogP contribution in [0.4, 0.5) is 5.69 Å². The highest BCUT2D eigenvalue weighted by Crippen LogP contribution is 2.71. The van der Waals surface area contributed by atoms with E-state index in [4.69, 9.17) is 4.74 Å². The summed E-state index contributed by atoms with van der Waals surface area (Å²) in [5.41, 5.74) is 3.57. The van der Waals surface area contributed by atoms with Crippen molar-refractivity contribution in [3.05, 3.63) is 65.2 Å². The van der Waals surface area contributed by atoms with E-state index in [0.717, 1.165) is 22.4 Å². The molecule has 202 valence electrons. The Labute approximate surface area is 228 Å². The van der Waals surface area contributed by atoms with E-state index in [0.29, 0.717) is 19.3 Å². The summed E-state index contributed by atoms with van der Waals surface area (Å²) in [6.45, 7) is 7.63. The zero-order chi connectivity index (χ0) is 27.2. The average Bonchev–Trinajstić information content (AvgIpc) is 3.46. The van der Waals surface area contributed by atoms with Gasteiger partial charge in [0.1, 0.15) is 6.04 Å². The first-order valence-corrected chi connectivity index (χ1v) is 14.2. The first-order valence-electron chi connectivity index (χ1n) is 13.4. The molecule has 0 radical (unpaired) electrons. The molecule has 3 saturated heterocycles. The number of likely N-dealkylation sites (tertiary alicyclic amines) is 1. The zero-order valence-corrected chi connectivity index (χ0v) is 23.2. The number of benzene rings is 2. The molecule has 2 bridgehead atoms. The van der Waals surface area contributed by atoms with Gasteiger partial charge in [0.2, 0.25) is 11.8 Å². The standard InChI is InChI=1S/C30H36N2O5S/c1-5-37-28(36)23-22-27(35)32(21(17-33)16-20-12-7-6-8-13-20)25(30(22)15-14-29(23,4)38-30)26(34)31-24-18(2)10-9-11-19(24)3/h6-13,21-23,25,33H,5,14-17H2,1-4H3,(H,31,34)/t21-,22+,23+,25?,29-,30?/m1/s1. The smallest absolute Gasteiger partial charge is 0.311 e. The molecule has 1 spiro atoms. The van der Waals surface area contributed by atoms with Gasteiger partial charge in [-0.15, -0.1) is 11.8 Å². The lowest BCUT2D eigenvalue weighted by atomic mass is 9.66. The van der Waals surface area contributed by atoms with Crippen molar-refractivity contribution in [3.8, 4) is 0 Å². The van der Waals surface area contributed by atoms with Crippen molar-refractivity contribution in [3.63, 3.8) is 0 Å². The Morgan fingerprint density at radius 1 is 1.13 bits per heavy atom. The number of nitrogens with zero attached hydrogens (tertiary/aromatic N) is 1. The Bertz CT molecular complexity index is 1230. The number of ether oxygens (including phenoxy) is 1. The van der Waals surface area contributed by atoms with Gasteiger partial charge in [0.15, 0.2) is 0 Å². The number of aliphatic hydroxyl groups excluding tert-OH is 1. The molecule has 3 aliphatic rings. The van der Waals surface area contributed by atoms with Gasteiger partial charge in [-0.25, -0.2) is 0 Å². The van der Waals surface area contributed by atoms with Crippen LogP contribution in [-0.4, -0.2) is 62.6 Å². The fraction of sp³-hybridized carbons (Fsp3) is 0.500. The Kier molecular flexibility index (Phi) is 7.07. The molecule has 5 rings (SSSR count). The molecule has 0 saturated carbocycles. The van der Waals surface area contributed by atoms with E-state index in [1.807, 2.05) is 69.3 Å². The van der Waals surface area contributed by atoms with E-state index in [2.05, 4.69) is 5.32 Å². The lowest BCUT2D eigenvalue weighted by molar-refractivity contribution is -0.155. The molecular weight excluding hydrogens is 500 g/mol. The van der Waals surface area contributed by atoms with Crippen LogP contribution < -0.4 is 5.32 Å². The Morgan fingerprint density at radius 3 is 2.45 bits per heavy atom. The highest BCUT2D eigenvalue weighted by atomic mass is 32.2. The molecular formula is C30H36N2O5S. The predicted molar refractivity (Wildman–Crippen MR) is 148 cm³/mol. The lowest BCUT2D eigenvalue weighted by Crippen LogP contribution is -2.55. The Morgan fingerprint density at radius 2 is 1.82 bits per heavy atom. The summed E-state index contributed by atoms with van der Waals surface area (Å²) in [5, 5.41) is 13.7. The fourth-order valence-electron chi connectivity index (χ4n) is 6.99. The van der Waals surface area contributed by atoms with Crippen molar-refractivity contribution in [1.82, 2.24) is 4.90 Å². The van der Waals surface area contributed by atoms with Gasteiger partial charge in [-0.05, 0) is 63.6 Å². The normalized spacial score (nSPS) is 30.3. The van der Waals surface area contributed by atoms with Gasteiger partial charge in [-0.2, -0.15) is 0 Å². The van der Waals surface area contributed by atoms with Crippen LogP contribution in [0.15, 0.2) is 48.5 Å². The average molecular weight is 537 g/mol. The number of carbonyl (C=O) groups excluding carboxylic acids is 3. The van der Waals surface area contributed by atoms with Crippen LogP contribution >= 0.6 is 11.8 Å². The number of hydrogen-bond acceptors (Lipinski definition) is 6. The van der Waals surface area contributed by atoms with Gasteiger partial charge in [0.05, 0.1) is 35.8 Å². The second-order valence-corrected chi connectivity index (χ2v) is 12.9. The summed E-state index contributed by atoms with van der Waals surface area (Å²) in [6, 6.07) is 14.1. The number of carbonyl (C=O) groups is 3. The third kappa shape index (κ3) is 4.13. The van der Waals surface area contributed by atoms with Crippen molar-refractivity contribution in [2.75, 3.05) is 18.5 Å². The number of amides is 2. The summed E-state index contributed by atoms with van der Waals surface area (Å²) >= 11 is 1.61. The van der Waals surface area contributed by atoms with Crippen LogP contribution in [0.1, 0.15) is 43.4 Å². The van der Waals surface area contributed by atoms with Crippen LogP contribution in [0.2, 0.25) is 0 Å². The van der Waals surface area contributed by atoms with E-state index in [1.54, 1.807) is 23.6 Å². The van der Waals surface area contributed by atoms with Crippen LogP contribution in [-0.2, 0) is 25.5 Å². The van der Waals surface area contributed by atoms with Gasteiger partial charge >= 0.3 is 5.97 Å². The zero-order valence-electron chi connectivity index (χ0n) is 22.4. The molecule has 0 aliphatic carbocycles. The van der Waals surface area contributed by atoms with Gasteiger partial charge in [-0.3, -0.25) is 14.4 Å². The van der Waals surface area contributed by atoms with Crippen LogP contribution in [0.5, 0.6) is 0 Å². The largest absolute Gasteiger partial charge is 0.466 e. The third-order valence-corrected chi connectivity index (χ3v) is 10.6. The second kappa shape index (κ2) is 10.0.